The molecule has 0 unspecified atom stereocenters. The highest BCUT2D eigenvalue weighted by atomic mass is 35.5. The Hall–Kier alpha value is -4.64. The van der Waals surface area contributed by atoms with Crippen LogP contribution in [-0.4, -0.2) is 26.8 Å². The minimum Gasteiger partial charge on any atom is -0.478 e. The summed E-state index contributed by atoms with van der Waals surface area (Å²) >= 11 is 12.5. The molecule has 1 fully saturated rings. The van der Waals surface area contributed by atoms with Crippen LogP contribution in [0, 0.1) is 11.3 Å². The van der Waals surface area contributed by atoms with E-state index in [9.17, 15) is 20.0 Å². The number of nitrogens with zero attached hydrogens (tertiary/aromatic N) is 3. The number of rotatable bonds is 7. The van der Waals surface area contributed by atoms with Crippen molar-refractivity contribution in [2.24, 2.45) is 0 Å². The predicted octanol–water partition coefficient (Wildman–Crippen LogP) is 7.05. The Bertz CT molecular complexity index is 1850. The molecule has 0 radical (unpaired) electrons. The van der Waals surface area contributed by atoms with Gasteiger partial charge in [0.1, 0.15) is 0 Å². The van der Waals surface area contributed by atoms with E-state index in [-0.39, 0.29) is 11.5 Å². The molecule has 0 saturated heterocycles. The van der Waals surface area contributed by atoms with Crippen molar-refractivity contribution in [3.8, 4) is 17.2 Å². The minimum atomic E-state index is -0.998. The summed E-state index contributed by atoms with van der Waals surface area (Å²) in [7, 11) is 0. The molecule has 6 rings (SSSR count). The molecule has 7 nitrogen and oxygen atoms in total. The molecule has 0 spiro atoms. The lowest BCUT2D eigenvalue weighted by molar-refractivity contribution is 0.0696. The SMILES string of the molecule is N#Cc1ccc(-c2cc(C(=O)NC3(c4ccc(C(=O)O)cc4)CC3)c3c(cnn3Cc3cc(Cl)cc(Cl)c3)c2)cc1. The first-order valence-electron chi connectivity index (χ1n) is 12.9. The van der Waals surface area contributed by atoms with Crippen molar-refractivity contribution in [2.45, 2.75) is 24.9 Å². The second kappa shape index (κ2) is 10.4. The van der Waals surface area contributed by atoms with Crippen molar-refractivity contribution in [3.63, 3.8) is 0 Å². The molecule has 0 bridgehead atoms. The third-order valence-electron chi connectivity index (χ3n) is 7.37. The van der Waals surface area contributed by atoms with Gasteiger partial charge in [0, 0.05) is 15.4 Å². The van der Waals surface area contributed by atoms with Gasteiger partial charge in [-0.1, -0.05) is 47.5 Å². The lowest BCUT2D eigenvalue weighted by Gasteiger charge is -2.19. The number of carboxylic acid groups (broad SMARTS) is 1. The van der Waals surface area contributed by atoms with Crippen molar-refractivity contribution in [2.75, 3.05) is 0 Å². The first kappa shape index (κ1) is 26.6. The maximum absolute atomic E-state index is 14.0. The van der Waals surface area contributed by atoms with E-state index in [4.69, 9.17) is 23.2 Å². The maximum Gasteiger partial charge on any atom is 0.335 e. The summed E-state index contributed by atoms with van der Waals surface area (Å²) in [6.45, 7) is 0.349. The average Bonchev–Trinajstić information content (AvgIpc) is 3.64. The standard InChI is InChI=1S/C32H22Cl2N4O3/c33-26-11-20(12-27(34)15-26)18-38-29-24(17-36-38)13-23(21-3-1-19(16-35)2-4-21)14-28(29)30(39)37-32(9-10-32)25-7-5-22(6-8-25)31(40)41/h1-8,11-15,17H,9-10,18H2,(H,37,39)(H,40,41). The van der Waals surface area contributed by atoms with Crippen LogP contribution in [0.3, 0.4) is 0 Å². The van der Waals surface area contributed by atoms with E-state index >= 15 is 0 Å². The number of aromatic carboxylic acids is 1. The first-order valence-corrected chi connectivity index (χ1v) is 13.6. The van der Waals surface area contributed by atoms with Crippen molar-refractivity contribution < 1.29 is 14.7 Å². The molecule has 9 heteroatoms. The fourth-order valence-electron chi connectivity index (χ4n) is 5.13. The zero-order chi connectivity index (χ0) is 28.7. The van der Waals surface area contributed by atoms with Crippen LogP contribution in [0.2, 0.25) is 10.0 Å². The van der Waals surface area contributed by atoms with Crippen molar-refractivity contribution in [3.05, 3.63) is 123 Å². The Morgan fingerprint density at radius 1 is 0.951 bits per heavy atom. The molecule has 1 aliphatic rings. The Labute approximate surface area is 245 Å². The largest absolute Gasteiger partial charge is 0.478 e. The molecular weight excluding hydrogens is 559 g/mol. The quantitative estimate of drug-likeness (QED) is 0.214. The van der Waals surface area contributed by atoms with Crippen LogP contribution in [0.5, 0.6) is 0 Å². The Balaban J connectivity index is 1.42. The van der Waals surface area contributed by atoms with Gasteiger partial charge >= 0.3 is 5.97 Å². The van der Waals surface area contributed by atoms with E-state index in [0.717, 1.165) is 40.5 Å². The van der Waals surface area contributed by atoms with Crippen LogP contribution in [0.4, 0.5) is 0 Å². The summed E-state index contributed by atoms with van der Waals surface area (Å²) in [5, 5.41) is 28.1. The van der Waals surface area contributed by atoms with Crippen LogP contribution in [-0.2, 0) is 12.1 Å². The van der Waals surface area contributed by atoms with Crippen LogP contribution >= 0.6 is 23.2 Å². The number of benzene rings is 4. The van der Waals surface area contributed by atoms with Gasteiger partial charge in [-0.3, -0.25) is 9.48 Å². The molecular formula is C32H22Cl2N4O3. The molecule has 1 amide bonds. The van der Waals surface area contributed by atoms with E-state index in [1.54, 1.807) is 53.3 Å². The number of halogens is 2. The Kier molecular flexibility index (Phi) is 6.74. The Morgan fingerprint density at radius 2 is 1.63 bits per heavy atom. The summed E-state index contributed by atoms with van der Waals surface area (Å²) in [6.07, 6.45) is 3.21. The van der Waals surface area contributed by atoms with Gasteiger partial charge < -0.3 is 10.4 Å². The maximum atomic E-state index is 14.0. The van der Waals surface area contributed by atoms with Crippen LogP contribution in [0.25, 0.3) is 22.0 Å². The lowest BCUT2D eigenvalue weighted by Crippen LogP contribution is -2.35. The molecule has 202 valence electrons. The Morgan fingerprint density at radius 3 is 2.24 bits per heavy atom. The second-order valence-electron chi connectivity index (χ2n) is 10.1. The summed E-state index contributed by atoms with van der Waals surface area (Å²) < 4.78 is 1.76. The van der Waals surface area contributed by atoms with E-state index in [2.05, 4.69) is 16.5 Å². The number of hydrogen-bond acceptors (Lipinski definition) is 4. The summed E-state index contributed by atoms with van der Waals surface area (Å²) in [5.41, 5.74) is 4.64. The average molecular weight is 581 g/mol. The zero-order valence-corrected chi connectivity index (χ0v) is 23.1. The van der Waals surface area contributed by atoms with Gasteiger partial charge in [0.2, 0.25) is 0 Å². The van der Waals surface area contributed by atoms with Gasteiger partial charge in [-0.25, -0.2) is 4.79 Å². The molecule has 2 N–H and O–H groups in total. The van der Waals surface area contributed by atoms with Gasteiger partial charge in [-0.2, -0.15) is 10.4 Å². The molecule has 1 saturated carbocycles. The van der Waals surface area contributed by atoms with Crippen LogP contribution in [0.1, 0.15) is 50.2 Å². The molecule has 41 heavy (non-hydrogen) atoms. The normalized spacial score (nSPS) is 13.5. The predicted molar refractivity (Wildman–Crippen MR) is 157 cm³/mol. The number of nitrogens with one attached hydrogen (secondary N) is 1. The van der Waals surface area contributed by atoms with Crippen molar-refractivity contribution in [1.29, 1.82) is 5.26 Å². The fourth-order valence-corrected chi connectivity index (χ4v) is 5.70. The highest BCUT2D eigenvalue weighted by Crippen LogP contribution is 2.46. The van der Waals surface area contributed by atoms with E-state index < -0.39 is 11.5 Å². The number of aromatic nitrogens is 2. The van der Waals surface area contributed by atoms with Crippen molar-refractivity contribution >= 4 is 46.0 Å². The highest BCUT2D eigenvalue weighted by molar-refractivity contribution is 6.34. The van der Waals surface area contributed by atoms with Gasteiger partial charge in [0.25, 0.3) is 5.91 Å². The monoisotopic (exact) mass is 580 g/mol. The smallest absolute Gasteiger partial charge is 0.335 e. The topological polar surface area (TPSA) is 108 Å². The molecule has 5 aromatic rings. The highest BCUT2D eigenvalue weighted by Gasteiger charge is 2.46. The molecule has 1 heterocycles. The van der Waals surface area contributed by atoms with Crippen LogP contribution < -0.4 is 5.32 Å². The van der Waals surface area contributed by atoms with Gasteiger partial charge in [-0.05, 0) is 89.7 Å². The van der Waals surface area contributed by atoms with Gasteiger partial charge in [0.15, 0.2) is 0 Å². The zero-order valence-electron chi connectivity index (χ0n) is 21.6. The second-order valence-corrected chi connectivity index (χ2v) is 11.0. The molecule has 4 aromatic carbocycles. The van der Waals surface area contributed by atoms with Gasteiger partial charge in [0.05, 0.1) is 46.6 Å². The number of carbonyl (C=O) groups excluding carboxylic acids is 1. The number of carboxylic acids is 1. The summed E-state index contributed by atoms with van der Waals surface area (Å²) in [6, 6.07) is 25.0. The fraction of sp³-hybridized carbons (Fsp3) is 0.125. The molecule has 1 aromatic heterocycles. The third-order valence-corrected chi connectivity index (χ3v) is 7.80. The summed E-state index contributed by atoms with van der Waals surface area (Å²) in [4.78, 5) is 25.3. The lowest BCUT2D eigenvalue weighted by atomic mass is 9.98. The third kappa shape index (κ3) is 5.28. The van der Waals surface area contributed by atoms with E-state index in [0.29, 0.717) is 33.2 Å². The van der Waals surface area contributed by atoms with Crippen molar-refractivity contribution in [1.82, 2.24) is 15.1 Å². The molecule has 0 atom stereocenters. The first-order chi connectivity index (χ1) is 19.7. The number of fused-ring (bicyclic) bond motifs is 1. The number of hydrogen-bond donors (Lipinski definition) is 2. The van der Waals surface area contributed by atoms with Crippen LogP contribution in [0.15, 0.2) is 85.1 Å². The molecule has 0 aliphatic heterocycles. The van der Waals surface area contributed by atoms with Gasteiger partial charge in [-0.15, -0.1) is 0 Å². The van der Waals surface area contributed by atoms with E-state index in [1.807, 2.05) is 36.4 Å². The minimum absolute atomic E-state index is 0.192. The molecule has 1 aliphatic carbocycles. The number of amides is 1. The number of carbonyl (C=O) groups is 2. The van der Waals surface area contributed by atoms with E-state index in [1.165, 1.54) is 0 Å². The number of nitriles is 1. The summed E-state index contributed by atoms with van der Waals surface area (Å²) in [5.74, 6) is -1.27.